The van der Waals surface area contributed by atoms with Crippen LogP contribution in [0.4, 0.5) is 4.39 Å². The average molecular weight is 429 g/mol. The van der Waals surface area contributed by atoms with Crippen molar-refractivity contribution in [1.82, 2.24) is 9.55 Å². The highest BCUT2D eigenvalue weighted by molar-refractivity contribution is 7.07. The highest BCUT2D eigenvalue weighted by Gasteiger charge is 2.25. The van der Waals surface area contributed by atoms with E-state index in [1.807, 2.05) is 16.8 Å². The van der Waals surface area contributed by atoms with Crippen LogP contribution in [-0.2, 0) is 17.9 Å². The molecule has 0 saturated heterocycles. The number of hydrogen-bond donors (Lipinski definition) is 0. The molecule has 146 valence electrons. The number of nitrogens with zero attached hydrogens (tertiary/aromatic N) is 2. The van der Waals surface area contributed by atoms with Crippen LogP contribution in [-0.4, -0.2) is 9.55 Å². The maximum atomic E-state index is 14.2. The Balaban J connectivity index is 1.56. The lowest BCUT2D eigenvalue weighted by atomic mass is 10.1. The van der Waals surface area contributed by atoms with Gasteiger partial charge in [-0.3, -0.25) is 9.36 Å². The zero-order valence-electron chi connectivity index (χ0n) is 15.0. The number of ether oxygens (including phenoxy) is 2. The van der Waals surface area contributed by atoms with Crippen molar-refractivity contribution in [2.45, 2.75) is 19.4 Å². The Hall–Kier alpha value is -2.74. The smallest absolute Gasteiger partial charge is 0.261 e. The quantitative estimate of drug-likeness (QED) is 0.465. The molecule has 0 amide bonds. The van der Waals surface area contributed by atoms with Gasteiger partial charge in [0.1, 0.15) is 11.6 Å². The fraction of sp³-hybridized carbons (Fsp3) is 0.143. The van der Waals surface area contributed by atoms with E-state index in [4.69, 9.17) is 21.1 Å². The second-order valence-corrected chi connectivity index (χ2v) is 7.93. The standard InChI is InChI=1S/C21H14ClFN2O3S/c22-15-1-2-18-17(7-15)20(26)25(11-24-18)8-13-5-16(23)6-14-9-27-21(28-19(13)14)12-3-4-29-10-12/h1-7,10-11,21H,8-9H2. The molecular weight excluding hydrogens is 415 g/mol. The van der Waals surface area contributed by atoms with Gasteiger partial charge in [0.15, 0.2) is 0 Å². The Morgan fingerprint density at radius 1 is 1.28 bits per heavy atom. The molecule has 0 radical (unpaired) electrons. The van der Waals surface area contributed by atoms with E-state index < -0.39 is 12.1 Å². The van der Waals surface area contributed by atoms with E-state index in [1.54, 1.807) is 29.5 Å². The minimum Gasteiger partial charge on any atom is -0.460 e. The molecule has 2 aromatic carbocycles. The Labute approximate surface area is 173 Å². The molecule has 0 bridgehead atoms. The van der Waals surface area contributed by atoms with Gasteiger partial charge in [-0.25, -0.2) is 9.37 Å². The third kappa shape index (κ3) is 3.42. The first-order chi connectivity index (χ1) is 14.1. The Kier molecular flexibility index (Phi) is 4.58. The van der Waals surface area contributed by atoms with Gasteiger partial charge < -0.3 is 9.47 Å². The van der Waals surface area contributed by atoms with Crippen molar-refractivity contribution in [3.8, 4) is 5.75 Å². The first kappa shape index (κ1) is 18.3. The van der Waals surface area contributed by atoms with E-state index in [0.29, 0.717) is 32.8 Å². The molecule has 29 heavy (non-hydrogen) atoms. The lowest BCUT2D eigenvalue weighted by Crippen LogP contribution is -2.23. The van der Waals surface area contributed by atoms with Crippen LogP contribution in [0.1, 0.15) is 23.0 Å². The van der Waals surface area contributed by atoms with Gasteiger partial charge in [-0.15, -0.1) is 0 Å². The third-order valence-corrected chi connectivity index (χ3v) is 5.70. The van der Waals surface area contributed by atoms with E-state index >= 15 is 0 Å². The second-order valence-electron chi connectivity index (χ2n) is 6.71. The maximum absolute atomic E-state index is 14.2. The predicted molar refractivity (Wildman–Crippen MR) is 109 cm³/mol. The summed E-state index contributed by atoms with van der Waals surface area (Å²) in [4.78, 5) is 17.2. The minimum absolute atomic E-state index is 0.116. The van der Waals surface area contributed by atoms with Gasteiger partial charge >= 0.3 is 0 Å². The monoisotopic (exact) mass is 428 g/mol. The van der Waals surface area contributed by atoms with Gasteiger partial charge in [-0.05, 0) is 41.8 Å². The molecule has 0 aliphatic carbocycles. The Bertz CT molecular complexity index is 1270. The van der Waals surface area contributed by atoms with E-state index in [9.17, 15) is 9.18 Å². The van der Waals surface area contributed by atoms with Crippen LogP contribution in [0.2, 0.25) is 5.02 Å². The van der Waals surface area contributed by atoms with E-state index in [2.05, 4.69) is 4.98 Å². The first-order valence-electron chi connectivity index (χ1n) is 8.85. The molecule has 5 rings (SSSR count). The number of halogens is 2. The third-order valence-electron chi connectivity index (χ3n) is 4.76. The molecule has 1 unspecified atom stereocenters. The maximum Gasteiger partial charge on any atom is 0.261 e. The molecule has 0 spiro atoms. The van der Waals surface area contributed by atoms with Crippen molar-refractivity contribution in [3.63, 3.8) is 0 Å². The molecule has 4 aromatic rings. The fourth-order valence-electron chi connectivity index (χ4n) is 3.40. The highest BCUT2D eigenvalue weighted by atomic mass is 35.5. The summed E-state index contributed by atoms with van der Waals surface area (Å²) in [7, 11) is 0. The summed E-state index contributed by atoms with van der Waals surface area (Å²) >= 11 is 7.57. The number of benzene rings is 2. The number of aromatic nitrogens is 2. The van der Waals surface area contributed by atoms with Gasteiger partial charge in [0.25, 0.3) is 5.56 Å². The van der Waals surface area contributed by atoms with E-state index in [1.165, 1.54) is 23.0 Å². The summed E-state index contributed by atoms with van der Waals surface area (Å²) < 4.78 is 27.4. The Morgan fingerprint density at radius 2 is 2.17 bits per heavy atom. The largest absolute Gasteiger partial charge is 0.460 e. The lowest BCUT2D eigenvalue weighted by molar-refractivity contribution is -0.111. The van der Waals surface area contributed by atoms with Gasteiger partial charge in [-0.2, -0.15) is 11.3 Å². The van der Waals surface area contributed by atoms with Crippen molar-refractivity contribution in [3.05, 3.63) is 91.4 Å². The predicted octanol–water partition coefficient (Wildman–Crippen LogP) is 4.91. The summed E-state index contributed by atoms with van der Waals surface area (Å²) in [5, 5.41) is 4.75. The van der Waals surface area contributed by atoms with Crippen LogP contribution in [0.5, 0.6) is 5.75 Å². The summed E-state index contributed by atoms with van der Waals surface area (Å²) in [5.74, 6) is 0.122. The highest BCUT2D eigenvalue weighted by Crippen LogP contribution is 2.37. The molecule has 2 aromatic heterocycles. The molecule has 1 aliphatic heterocycles. The van der Waals surface area contributed by atoms with Crippen LogP contribution in [0.3, 0.4) is 0 Å². The molecule has 8 heteroatoms. The van der Waals surface area contributed by atoms with Crippen LogP contribution in [0.25, 0.3) is 10.9 Å². The van der Waals surface area contributed by atoms with Crippen LogP contribution < -0.4 is 10.3 Å². The molecule has 1 atom stereocenters. The van der Waals surface area contributed by atoms with Crippen molar-refractivity contribution >= 4 is 33.8 Å². The molecule has 0 fully saturated rings. The molecule has 5 nitrogen and oxygen atoms in total. The fourth-order valence-corrected chi connectivity index (χ4v) is 4.23. The summed E-state index contributed by atoms with van der Waals surface area (Å²) in [6.45, 7) is 0.339. The van der Waals surface area contributed by atoms with Gasteiger partial charge in [0.05, 0.1) is 30.4 Å². The average Bonchev–Trinajstić information content (AvgIpc) is 3.25. The van der Waals surface area contributed by atoms with Gasteiger partial charge in [0, 0.05) is 27.1 Å². The van der Waals surface area contributed by atoms with Gasteiger partial charge in [-0.1, -0.05) is 11.6 Å². The van der Waals surface area contributed by atoms with Gasteiger partial charge in [0.2, 0.25) is 6.29 Å². The number of hydrogen-bond acceptors (Lipinski definition) is 5. The van der Waals surface area contributed by atoms with Crippen LogP contribution in [0, 0.1) is 5.82 Å². The van der Waals surface area contributed by atoms with Crippen molar-refractivity contribution in [2.75, 3.05) is 0 Å². The summed E-state index contributed by atoms with van der Waals surface area (Å²) in [5.41, 5.74) is 2.36. The summed E-state index contributed by atoms with van der Waals surface area (Å²) in [6, 6.07) is 9.65. The zero-order valence-corrected chi connectivity index (χ0v) is 16.5. The zero-order chi connectivity index (χ0) is 20.0. The molecule has 3 heterocycles. The first-order valence-corrected chi connectivity index (χ1v) is 10.2. The van der Waals surface area contributed by atoms with Crippen molar-refractivity contribution in [2.24, 2.45) is 0 Å². The Morgan fingerprint density at radius 3 is 3.00 bits per heavy atom. The molecular formula is C21H14ClFN2O3S. The van der Waals surface area contributed by atoms with Crippen LogP contribution in [0.15, 0.2) is 58.3 Å². The SMILES string of the molecule is O=c1c2cc(Cl)ccc2ncn1Cc1cc(F)cc2c1OC(c1ccsc1)OC2. The minimum atomic E-state index is -0.566. The van der Waals surface area contributed by atoms with E-state index in [-0.39, 0.29) is 18.7 Å². The lowest BCUT2D eigenvalue weighted by Gasteiger charge is -2.28. The molecule has 1 aliphatic rings. The normalized spacial score (nSPS) is 15.9. The van der Waals surface area contributed by atoms with Crippen LogP contribution >= 0.6 is 22.9 Å². The van der Waals surface area contributed by atoms with Crippen molar-refractivity contribution in [1.29, 1.82) is 0 Å². The van der Waals surface area contributed by atoms with E-state index in [0.717, 1.165) is 5.56 Å². The second kappa shape index (κ2) is 7.26. The molecule has 0 saturated carbocycles. The topological polar surface area (TPSA) is 53.4 Å². The summed E-state index contributed by atoms with van der Waals surface area (Å²) in [6.07, 6.45) is 0.883. The number of fused-ring (bicyclic) bond motifs is 2. The number of thiophene rings is 1. The number of rotatable bonds is 3. The van der Waals surface area contributed by atoms with Crippen molar-refractivity contribution < 1.29 is 13.9 Å². The molecule has 0 N–H and O–H groups in total.